The third-order valence-electron chi connectivity index (χ3n) is 3.89. The van der Waals surface area contributed by atoms with Crippen LogP contribution in [-0.2, 0) is 0 Å². The van der Waals surface area contributed by atoms with Crippen molar-refractivity contribution in [2.45, 2.75) is 39.5 Å². The zero-order chi connectivity index (χ0) is 13.4. The zero-order valence-corrected chi connectivity index (χ0v) is 11.5. The van der Waals surface area contributed by atoms with E-state index in [0.29, 0.717) is 24.7 Å². The molecule has 3 heteroatoms. The van der Waals surface area contributed by atoms with Crippen molar-refractivity contribution < 1.29 is 0 Å². The zero-order valence-electron chi connectivity index (χ0n) is 11.5. The summed E-state index contributed by atoms with van der Waals surface area (Å²) >= 11 is 0. The number of hydrogen-bond donors (Lipinski definition) is 0. The Morgan fingerprint density at radius 3 is 2.39 bits per heavy atom. The Morgan fingerprint density at radius 1 is 1.28 bits per heavy atom. The first-order chi connectivity index (χ1) is 8.69. The lowest BCUT2D eigenvalue weighted by Crippen LogP contribution is -2.35. The molecule has 1 aliphatic carbocycles. The van der Waals surface area contributed by atoms with E-state index >= 15 is 0 Å². The molecule has 0 saturated carbocycles. The molecule has 1 rings (SSSR count). The fraction of sp³-hybridized carbons (Fsp3) is 0.733. The molecule has 0 saturated heterocycles. The number of allylic oxidation sites excluding steroid dienone is 1. The van der Waals surface area contributed by atoms with Crippen molar-refractivity contribution in [2.24, 2.45) is 11.8 Å². The Hall–Kier alpha value is -1.32. The lowest BCUT2D eigenvalue weighted by Gasteiger charge is -2.33. The van der Waals surface area contributed by atoms with Crippen LogP contribution in [0.2, 0.25) is 0 Å². The first-order valence-corrected chi connectivity index (χ1v) is 6.82. The molecule has 0 radical (unpaired) electrons. The summed E-state index contributed by atoms with van der Waals surface area (Å²) in [7, 11) is 0. The molecule has 3 nitrogen and oxygen atoms in total. The van der Waals surface area contributed by atoms with Crippen LogP contribution in [0.15, 0.2) is 11.6 Å². The van der Waals surface area contributed by atoms with Gasteiger partial charge in [0.15, 0.2) is 0 Å². The van der Waals surface area contributed by atoms with Crippen LogP contribution in [0.4, 0.5) is 0 Å². The van der Waals surface area contributed by atoms with Gasteiger partial charge in [0.25, 0.3) is 0 Å². The molecule has 0 bridgehead atoms. The number of hydrogen-bond acceptors (Lipinski definition) is 3. The molecule has 2 atom stereocenters. The van der Waals surface area contributed by atoms with Gasteiger partial charge in [0.05, 0.1) is 12.1 Å². The third-order valence-corrected chi connectivity index (χ3v) is 3.89. The molecule has 0 fully saturated rings. The number of nitrogens with zero attached hydrogens (tertiary/aromatic N) is 3. The first kappa shape index (κ1) is 14.7. The van der Waals surface area contributed by atoms with E-state index in [1.54, 1.807) is 0 Å². The summed E-state index contributed by atoms with van der Waals surface area (Å²) in [5.41, 5.74) is 1.48. The van der Waals surface area contributed by atoms with E-state index in [4.69, 9.17) is 10.5 Å². The van der Waals surface area contributed by atoms with Crippen molar-refractivity contribution in [3.8, 4) is 12.1 Å². The first-order valence-electron chi connectivity index (χ1n) is 6.82. The summed E-state index contributed by atoms with van der Waals surface area (Å²) in [6.07, 6.45) is 5.90. The minimum Gasteiger partial charge on any atom is -0.301 e. The van der Waals surface area contributed by atoms with Gasteiger partial charge in [-0.2, -0.15) is 10.5 Å². The molecule has 0 aromatic rings. The topological polar surface area (TPSA) is 50.8 Å². The standard InChI is InChI=1S/C15H23N3/c1-13-6-3-7-14(2)15(13)12-18(10-4-8-16)11-5-9-17/h6,14-15H,3-5,7,10-12H2,1-2H3/t14-,15-/m1/s1. The lowest BCUT2D eigenvalue weighted by molar-refractivity contribution is 0.212. The van der Waals surface area contributed by atoms with Gasteiger partial charge in [0.2, 0.25) is 0 Å². The van der Waals surface area contributed by atoms with E-state index in [-0.39, 0.29) is 0 Å². The fourth-order valence-corrected chi connectivity index (χ4v) is 2.69. The molecule has 0 aromatic carbocycles. The van der Waals surface area contributed by atoms with Gasteiger partial charge < -0.3 is 4.90 Å². The highest BCUT2D eigenvalue weighted by Gasteiger charge is 2.24. The molecule has 1 aliphatic rings. The monoisotopic (exact) mass is 245 g/mol. The normalized spacial score (nSPS) is 23.3. The number of nitriles is 2. The fourth-order valence-electron chi connectivity index (χ4n) is 2.69. The summed E-state index contributed by atoms with van der Waals surface area (Å²) in [5, 5.41) is 17.4. The molecule has 18 heavy (non-hydrogen) atoms. The van der Waals surface area contributed by atoms with Crippen LogP contribution in [0.3, 0.4) is 0 Å². The number of rotatable bonds is 6. The Labute approximate surface area is 111 Å². The van der Waals surface area contributed by atoms with Crippen LogP contribution in [-0.4, -0.2) is 24.5 Å². The second kappa shape index (κ2) is 7.90. The molecule has 0 spiro atoms. The van der Waals surface area contributed by atoms with Crippen LogP contribution in [0.1, 0.15) is 39.5 Å². The van der Waals surface area contributed by atoms with E-state index in [0.717, 1.165) is 19.6 Å². The summed E-state index contributed by atoms with van der Waals surface area (Å²) in [6, 6.07) is 4.39. The summed E-state index contributed by atoms with van der Waals surface area (Å²) in [4.78, 5) is 2.27. The predicted molar refractivity (Wildman–Crippen MR) is 72.5 cm³/mol. The Kier molecular flexibility index (Phi) is 6.47. The molecule has 0 amide bonds. The second-order valence-electron chi connectivity index (χ2n) is 5.23. The SMILES string of the molecule is CC1=CCC[C@@H](C)[C@@H]1CN(CCC#N)CCC#N. The Bertz CT molecular complexity index is 341. The molecule has 0 N–H and O–H groups in total. The largest absolute Gasteiger partial charge is 0.301 e. The molecule has 0 aliphatic heterocycles. The van der Waals surface area contributed by atoms with Crippen molar-refractivity contribution in [1.82, 2.24) is 4.90 Å². The molecule has 98 valence electrons. The van der Waals surface area contributed by atoms with Crippen molar-refractivity contribution in [1.29, 1.82) is 10.5 Å². The molecule has 0 heterocycles. The van der Waals surface area contributed by atoms with E-state index < -0.39 is 0 Å². The van der Waals surface area contributed by atoms with Crippen LogP contribution in [0.5, 0.6) is 0 Å². The highest BCUT2D eigenvalue weighted by atomic mass is 15.1. The molecule has 0 aromatic heterocycles. The van der Waals surface area contributed by atoms with Gasteiger partial charge in [-0.25, -0.2) is 0 Å². The minimum atomic E-state index is 0.551. The lowest BCUT2D eigenvalue weighted by atomic mass is 9.80. The van der Waals surface area contributed by atoms with Gasteiger partial charge in [-0.05, 0) is 31.6 Å². The van der Waals surface area contributed by atoms with Gasteiger partial charge in [0, 0.05) is 32.5 Å². The highest BCUT2D eigenvalue weighted by Crippen LogP contribution is 2.30. The van der Waals surface area contributed by atoms with Crippen LogP contribution in [0.25, 0.3) is 0 Å². The van der Waals surface area contributed by atoms with Crippen LogP contribution in [0, 0.1) is 34.5 Å². The van der Waals surface area contributed by atoms with Gasteiger partial charge in [-0.15, -0.1) is 0 Å². The van der Waals surface area contributed by atoms with Crippen LogP contribution >= 0.6 is 0 Å². The van der Waals surface area contributed by atoms with E-state index in [2.05, 4.69) is 37.0 Å². The van der Waals surface area contributed by atoms with Gasteiger partial charge in [-0.1, -0.05) is 18.6 Å². The van der Waals surface area contributed by atoms with E-state index in [1.807, 2.05) is 0 Å². The third kappa shape index (κ3) is 4.51. The van der Waals surface area contributed by atoms with Gasteiger partial charge in [-0.3, -0.25) is 0 Å². The Balaban J connectivity index is 2.58. The smallest absolute Gasteiger partial charge is 0.0635 e. The van der Waals surface area contributed by atoms with Crippen molar-refractivity contribution in [3.05, 3.63) is 11.6 Å². The van der Waals surface area contributed by atoms with Crippen LogP contribution < -0.4 is 0 Å². The molecule has 0 unspecified atom stereocenters. The van der Waals surface area contributed by atoms with Gasteiger partial charge in [0.1, 0.15) is 0 Å². The maximum Gasteiger partial charge on any atom is 0.0635 e. The Morgan fingerprint density at radius 2 is 1.89 bits per heavy atom. The van der Waals surface area contributed by atoms with E-state index in [1.165, 1.54) is 18.4 Å². The minimum absolute atomic E-state index is 0.551. The van der Waals surface area contributed by atoms with E-state index in [9.17, 15) is 0 Å². The summed E-state index contributed by atoms with van der Waals surface area (Å²) in [6.45, 7) is 7.09. The molecular weight excluding hydrogens is 222 g/mol. The van der Waals surface area contributed by atoms with Crippen molar-refractivity contribution in [2.75, 3.05) is 19.6 Å². The van der Waals surface area contributed by atoms with Crippen molar-refractivity contribution in [3.63, 3.8) is 0 Å². The highest BCUT2D eigenvalue weighted by molar-refractivity contribution is 5.09. The second-order valence-corrected chi connectivity index (χ2v) is 5.23. The quantitative estimate of drug-likeness (QED) is 0.676. The summed E-state index contributed by atoms with van der Waals surface area (Å²) < 4.78 is 0. The van der Waals surface area contributed by atoms with Crippen molar-refractivity contribution >= 4 is 0 Å². The summed E-state index contributed by atoms with van der Waals surface area (Å²) in [5.74, 6) is 1.30. The maximum absolute atomic E-state index is 8.70. The molecular formula is C15H23N3. The maximum atomic E-state index is 8.70. The predicted octanol–water partition coefficient (Wildman–Crippen LogP) is 3.11. The average Bonchev–Trinajstić information content (AvgIpc) is 2.36. The average molecular weight is 245 g/mol. The van der Waals surface area contributed by atoms with Gasteiger partial charge >= 0.3 is 0 Å².